The van der Waals surface area contributed by atoms with E-state index in [1.165, 1.54) is 44.6 Å². The van der Waals surface area contributed by atoms with E-state index < -0.39 is 34.2 Å². The number of aryl methyl sites for hydroxylation is 1. The molecule has 3 aromatic carbocycles. The number of carbonyl (C=O) groups excluding carboxylic acids is 1. The summed E-state index contributed by atoms with van der Waals surface area (Å²) in [5.74, 6) is -0.547. The monoisotopic (exact) mass is 542 g/mol. The molecule has 3 aromatic rings. The molecular weight excluding hydrogens is 521 g/mol. The second-order valence-corrected chi connectivity index (χ2v) is 9.85. The van der Waals surface area contributed by atoms with Crippen molar-refractivity contribution in [2.24, 2.45) is 0 Å². The summed E-state index contributed by atoms with van der Waals surface area (Å²) in [5, 5.41) is 2.13. The van der Waals surface area contributed by atoms with Crippen LogP contribution in [0.3, 0.4) is 0 Å². The van der Waals surface area contributed by atoms with Crippen molar-refractivity contribution < 1.29 is 35.9 Å². The first-order valence-corrected chi connectivity index (χ1v) is 12.2. The van der Waals surface area contributed by atoms with Crippen molar-refractivity contribution in [3.05, 3.63) is 76.8 Å². The molecule has 0 saturated heterocycles. The van der Waals surface area contributed by atoms with Crippen molar-refractivity contribution >= 4 is 38.9 Å². The van der Waals surface area contributed by atoms with Gasteiger partial charge in [-0.15, -0.1) is 0 Å². The molecule has 7 nitrogen and oxygen atoms in total. The van der Waals surface area contributed by atoms with Crippen LogP contribution in [0.1, 0.15) is 11.1 Å². The third-order valence-electron chi connectivity index (χ3n) is 5.08. The molecule has 0 heterocycles. The quantitative estimate of drug-likeness (QED) is 0.405. The van der Waals surface area contributed by atoms with Crippen molar-refractivity contribution in [1.82, 2.24) is 0 Å². The Balaban J connectivity index is 2.05. The Morgan fingerprint density at radius 1 is 1.03 bits per heavy atom. The maximum Gasteiger partial charge on any atom is 0.416 e. The molecular formula is C24H22ClF3N2O5S. The highest BCUT2D eigenvalue weighted by molar-refractivity contribution is 7.93. The van der Waals surface area contributed by atoms with Gasteiger partial charge in [0.2, 0.25) is 5.91 Å². The van der Waals surface area contributed by atoms with Gasteiger partial charge in [-0.2, -0.15) is 13.2 Å². The number of nitrogens with zero attached hydrogens (tertiary/aromatic N) is 1. The number of hydrogen-bond acceptors (Lipinski definition) is 5. The zero-order valence-electron chi connectivity index (χ0n) is 19.4. The molecule has 0 bridgehead atoms. The van der Waals surface area contributed by atoms with E-state index >= 15 is 0 Å². The van der Waals surface area contributed by atoms with Crippen LogP contribution in [-0.4, -0.2) is 35.1 Å². The normalized spacial score (nSPS) is 11.6. The van der Waals surface area contributed by atoms with Gasteiger partial charge >= 0.3 is 6.18 Å². The fourth-order valence-corrected chi connectivity index (χ4v) is 5.12. The van der Waals surface area contributed by atoms with E-state index in [9.17, 15) is 26.4 Å². The molecule has 0 aliphatic heterocycles. The topological polar surface area (TPSA) is 84.9 Å². The lowest BCUT2D eigenvalue weighted by Gasteiger charge is -2.25. The van der Waals surface area contributed by atoms with Crippen LogP contribution in [0, 0.1) is 6.92 Å². The molecule has 3 rings (SSSR count). The Bertz CT molecular complexity index is 1380. The standard InChI is InChI=1S/C24H22ClF3N2O5S/c1-15-7-10-21(35-3)22(11-15)36(32,33)30(17-5-4-6-18(13-17)34-2)14-23(31)29-20-12-16(24(26,27)28)8-9-19(20)25/h4-13H,14H2,1-3H3,(H,29,31). The van der Waals surface area contributed by atoms with Crippen LogP contribution in [0.2, 0.25) is 5.02 Å². The van der Waals surface area contributed by atoms with Crippen LogP contribution in [0.25, 0.3) is 0 Å². The van der Waals surface area contributed by atoms with Crippen molar-refractivity contribution in [2.45, 2.75) is 18.0 Å². The van der Waals surface area contributed by atoms with E-state index in [2.05, 4.69) is 5.32 Å². The Labute approximate surface area is 211 Å². The number of nitrogens with one attached hydrogen (secondary N) is 1. The SMILES string of the molecule is COc1cccc(N(CC(=O)Nc2cc(C(F)(F)F)ccc2Cl)S(=O)(=O)c2cc(C)ccc2OC)c1. The van der Waals surface area contributed by atoms with Crippen molar-refractivity contribution in [3.63, 3.8) is 0 Å². The van der Waals surface area contributed by atoms with E-state index in [1.54, 1.807) is 19.1 Å². The zero-order valence-corrected chi connectivity index (χ0v) is 21.0. The fraction of sp³-hybridized carbons (Fsp3) is 0.208. The summed E-state index contributed by atoms with van der Waals surface area (Å²) in [4.78, 5) is 12.7. The second-order valence-electron chi connectivity index (χ2n) is 7.61. The molecule has 0 atom stereocenters. The minimum atomic E-state index is -4.66. The van der Waals surface area contributed by atoms with E-state index in [1.807, 2.05) is 0 Å². The minimum Gasteiger partial charge on any atom is -0.497 e. The summed E-state index contributed by atoms with van der Waals surface area (Å²) in [6.07, 6.45) is -4.66. The molecule has 0 fully saturated rings. The Morgan fingerprint density at radius 2 is 1.75 bits per heavy atom. The average molecular weight is 543 g/mol. The molecule has 0 unspecified atom stereocenters. The van der Waals surface area contributed by atoms with Gasteiger partial charge in [0.1, 0.15) is 22.9 Å². The minimum absolute atomic E-state index is 0.0508. The number of anilines is 2. The van der Waals surface area contributed by atoms with Crippen LogP contribution in [0.4, 0.5) is 24.5 Å². The highest BCUT2D eigenvalue weighted by Crippen LogP contribution is 2.35. The average Bonchev–Trinajstić information content (AvgIpc) is 2.83. The van der Waals surface area contributed by atoms with E-state index in [4.69, 9.17) is 21.1 Å². The number of methoxy groups -OCH3 is 2. The predicted octanol–water partition coefficient (Wildman–Crippen LogP) is 5.52. The molecule has 1 amide bonds. The van der Waals surface area contributed by atoms with Crippen molar-refractivity contribution in [2.75, 3.05) is 30.4 Å². The first kappa shape index (κ1) is 27.2. The van der Waals surface area contributed by atoms with Crippen molar-refractivity contribution in [1.29, 1.82) is 0 Å². The lowest BCUT2D eigenvalue weighted by Crippen LogP contribution is -2.38. The zero-order chi connectivity index (χ0) is 26.7. The summed E-state index contributed by atoms with van der Waals surface area (Å²) in [5.41, 5.74) is -0.625. The molecule has 0 saturated carbocycles. The Hall–Kier alpha value is -3.44. The molecule has 12 heteroatoms. The van der Waals surface area contributed by atoms with Gasteiger partial charge in [0.05, 0.1) is 36.2 Å². The number of ether oxygens (including phenoxy) is 2. The van der Waals surface area contributed by atoms with Gasteiger partial charge in [0, 0.05) is 6.07 Å². The highest BCUT2D eigenvalue weighted by Gasteiger charge is 2.33. The summed E-state index contributed by atoms with van der Waals surface area (Å²) >= 11 is 5.98. The van der Waals surface area contributed by atoms with Crippen LogP contribution in [-0.2, 0) is 21.0 Å². The lowest BCUT2D eigenvalue weighted by molar-refractivity contribution is -0.137. The van der Waals surface area contributed by atoms with Gasteiger partial charge in [-0.25, -0.2) is 8.42 Å². The van der Waals surface area contributed by atoms with Crippen LogP contribution >= 0.6 is 11.6 Å². The maximum absolute atomic E-state index is 13.8. The molecule has 0 aliphatic carbocycles. The number of hydrogen-bond donors (Lipinski definition) is 1. The molecule has 192 valence electrons. The molecule has 0 radical (unpaired) electrons. The third kappa shape index (κ3) is 6.03. The van der Waals surface area contributed by atoms with Gasteiger partial charge in [0.15, 0.2) is 0 Å². The Kier molecular flexibility index (Phi) is 8.05. The first-order chi connectivity index (χ1) is 16.9. The van der Waals surface area contributed by atoms with Gasteiger partial charge in [-0.1, -0.05) is 23.7 Å². The number of benzene rings is 3. The molecule has 0 aromatic heterocycles. The van der Waals surface area contributed by atoms with Crippen LogP contribution in [0.5, 0.6) is 11.5 Å². The predicted molar refractivity (Wildman–Crippen MR) is 130 cm³/mol. The summed E-state index contributed by atoms with van der Waals surface area (Å²) in [7, 11) is -1.69. The van der Waals surface area contributed by atoms with E-state index in [-0.39, 0.29) is 27.0 Å². The second kappa shape index (κ2) is 10.7. The first-order valence-electron chi connectivity index (χ1n) is 10.3. The highest BCUT2D eigenvalue weighted by atomic mass is 35.5. The number of alkyl halides is 3. The largest absolute Gasteiger partial charge is 0.497 e. The molecule has 36 heavy (non-hydrogen) atoms. The lowest BCUT2D eigenvalue weighted by atomic mass is 10.2. The number of amides is 1. The molecule has 0 aliphatic rings. The summed E-state index contributed by atoms with van der Waals surface area (Å²) in [6.45, 7) is 0.913. The number of rotatable bonds is 8. The van der Waals surface area contributed by atoms with Crippen LogP contribution < -0.4 is 19.1 Å². The van der Waals surface area contributed by atoms with E-state index in [0.717, 1.165) is 16.4 Å². The number of sulfonamides is 1. The summed E-state index contributed by atoms with van der Waals surface area (Å²) in [6, 6.07) is 13.0. The maximum atomic E-state index is 13.8. The molecule has 1 N–H and O–H groups in total. The molecule has 0 spiro atoms. The number of carbonyl (C=O) groups is 1. The van der Waals surface area contributed by atoms with Gasteiger partial charge < -0.3 is 14.8 Å². The summed E-state index contributed by atoms with van der Waals surface area (Å²) < 4.78 is 78.1. The van der Waals surface area contributed by atoms with Gasteiger partial charge in [0.25, 0.3) is 10.0 Å². The van der Waals surface area contributed by atoms with Crippen LogP contribution in [0.15, 0.2) is 65.6 Å². The third-order valence-corrected chi connectivity index (χ3v) is 7.21. The fourth-order valence-electron chi connectivity index (χ4n) is 3.30. The Morgan fingerprint density at radius 3 is 2.39 bits per heavy atom. The van der Waals surface area contributed by atoms with Gasteiger partial charge in [-0.3, -0.25) is 9.10 Å². The van der Waals surface area contributed by atoms with Crippen molar-refractivity contribution in [3.8, 4) is 11.5 Å². The number of halogens is 4. The smallest absolute Gasteiger partial charge is 0.416 e. The van der Waals surface area contributed by atoms with E-state index in [0.29, 0.717) is 17.4 Å². The van der Waals surface area contributed by atoms with Gasteiger partial charge in [-0.05, 0) is 55.0 Å².